The molecule has 19 heavy (non-hydrogen) atoms. The zero-order chi connectivity index (χ0) is 13.8. The van der Waals surface area contributed by atoms with Crippen molar-refractivity contribution in [2.45, 2.75) is 45.1 Å². The van der Waals surface area contributed by atoms with Crippen molar-refractivity contribution in [3.05, 3.63) is 33.3 Å². The first-order valence-corrected chi connectivity index (χ1v) is 8.07. The first-order valence-electron chi connectivity index (χ1n) is 6.90. The second-order valence-electron chi connectivity index (χ2n) is 5.01. The van der Waals surface area contributed by atoms with Gasteiger partial charge in [0.15, 0.2) is 0 Å². The van der Waals surface area contributed by atoms with Crippen LogP contribution in [0.15, 0.2) is 22.7 Å². The number of benzene rings is 1. The van der Waals surface area contributed by atoms with E-state index in [1.807, 2.05) is 23.1 Å². The van der Waals surface area contributed by atoms with E-state index in [9.17, 15) is 4.79 Å². The number of carbonyl (C=O) groups excluding carboxylic acids is 1. The molecule has 2 rings (SSSR count). The van der Waals surface area contributed by atoms with Crippen molar-refractivity contribution in [1.29, 1.82) is 0 Å². The van der Waals surface area contributed by atoms with Crippen LogP contribution in [0.5, 0.6) is 0 Å². The van der Waals surface area contributed by atoms with E-state index >= 15 is 0 Å². The molecule has 1 unspecified atom stereocenters. The van der Waals surface area contributed by atoms with Crippen molar-refractivity contribution >= 4 is 33.4 Å². The predicted molar refractivity (Wildman–Crippen MR) is 82.7 cm³/mol. The molecule has 2 nitrogen and oxygen atoms in total. The number of rotatable bonds is 2. The molecule has 0 aliphatic carbocycles. The smallest absolute Gasteiger partial charge is 0.255 e. The van der Waals surface area contributed by atoms with Crippen LogP contribution in [0.1, 0.15) is 49.4 Å². The third-order valence-electron chi connectivity index (χ3n) is 3.79. The molecule has 1 amide bonds. The van der Waals surface area contributed by atoms with Crippen LogP contribution >= 0.6 is 27.5 Å². The fourth-order valence-electron chi connectivity index (χ4n) is 2.69. The summed E-state index contributed by atoms with van der Waals surface area (Å²) in [6.07, 6.45) is 5.64. The van der Waals surface area contributed by atoms with Gasteiger partial charge < -0.3 is 4.90 Å². The first kappa shape index (κ1) is 14.9. The van der Waals surface area contributed by atoms with Crippen molar-refractivity contribution in [3.63, 3.8) is 0 Å². The highest BCUT2D eigenvalue weighted by molar-refractivity contribution is 9.10. The van der Waals surface area contributed by atoms with Gasteiger partial charge >= 0.3 is 0 Å². The van der Waals surface area contributed by atoms with E-state index in [-0.39, 0.29) is 5.91 Å². The van der Waals surface area contributed by atoms with Crippen molar-refractivity contribution in [1.82, 2.24) is 4.90 Å². The summed E-state index contributed by atoms with van der Waals surface area (Å²) in [5, 5.41) is 0.520. The minimum absolute atomic E-state index is 0.0695. The molecule has 1 heterocycles. The van der Waals surface area contributed by atoms with Gasteiger partial charge in [-0.3, -0.25) is 4.79 Å². The number of amides is 1. The lowest BCUT2D eigenvalue weighted by Crippen LogP contribution is -2.39. The Labute approximate surface area is 128 Å². The van der Waals surface area contributed by atoms with Gasteiger partial charge in [-0.2, -0.15) is 0 Å². The van der Waals surface area contributed by atoms with Gasteiger partial charge in [0.25, 0.3) is 5.91 Å². The van der Waals surface area contributed by atoms with Crippen LogP contribution in [0.4, 0.5) is 0 Å². The summed E-state index contributed by atoms with van der Waals surface area (Å²) in [6, 6.07) is 5.89. The maximum absolute atomic E-state index is 12.7. The number of nitrogens with zero attached hydrogens (tertiary/aromatic N) is 1. The zero-order valence-corrected chi connectivity index (χ0v) is 13.5. The topological polar surface area (TPSA) is 20.3 Å². The number of hydrogen-bond donors (Lipinski definition) is 0. The molecule has 1 saturated heterocycles. The molecule has 1 aliphatic heterocycles. The molecule has 0 saturated carbocycles. The Morgan fingerprint density at radius 1 is 1.42 bits per heavy atom. The van der Waals surface area contributed by atoms with Crippen LogP contribution in [-0.4, -0.2) is 23.4 Å². The second kappa shape index (κ2) is 6.76. The summed E-state index contributed by atoms with van der Waals surface area (Å²) >= 11 is 9.63. The Morgan fingerprint density at radius 3 is 2.95 bits per heavy atom. The maximum Gasteiger partial charge on any atom is 0.255 e. The molecule has 1 fully saturated rings. The summed E-state index contributed by atoms with van der Waals surface area (Å²) in [7, 11) is 0. The zero-order valence-electron chi connectivity index (χ0n) is 11.2. The Bertz CT molecular complexity index is 463. The van der Waals surface area contributed by atoms with Crippen LogP contribution in [0, 0.1) is 0 Å². The SMILES string of the molecule is CCC1CCCCCN1C(=O)c1cccc(Br)c1Cl. The van der Waals surface area contributed by atoms with Crippen LogP contribution in [0.2, 0.25) is 5.02 Å². The average molecular weight is 345 g/mol. The Balaban J connectivity index is 2.28. The van der Waals surface area contributed by atoms with Gasteiger partial charge in [0.1, 0.15) is 0 Å². The summed E-state index contributed by atoms with van der Waals surface area (Å²) < 4.78 is 0.780. The van der Waals surface area contributed by atoms with E-state index in [0.717, 1.165) is 30.3 Å². The van der Waals surface area contributed by atoms with E-state index in [4.69, 9.17) is 11.6 Å². The van der Waals surface area contributed by atoms with Gasteiger partial charge in [0, 0.05) is 17.1 Å². The van der Waals surface area contributed by atoms with Gasteiger partial charge in [-0.25, -0.2) is 0 Å². The fraction of sp³-hybridized carbons (Fsp3) is 0.533. The molecule has 0 radical (unpaired) electrons. The monoisotopic (exact) mass is 343 g/mol. The average Bonchev–Trinajstić information content (AvgIpc) is 2.66. The molecule has 1 atom stereocenters. The van der Waals surface area contributed by atoms with Gasteiger partial charge in [-0.1, -0.05) is 37.4 Å². The van der Waals surface area contributed by atoms with Crippen LogP contribution in [0.3, 0.4) is 0 Å². The fourth-order valence-corrected chi connectivity index (χ4v) is 3.27. The molecular weight excluding hydrogens is 326 g/mol. The van der Waals surface area contributed by atoms with Crippen molar-refractivity contribution in [2.24, 2.45) is 0 Å². The van der Waals surface area contributed by atoms with E-state index < -0.39 is 0 Å². The largest absolute Gasteiger partial charge is 0.336 e. The number of likely N-dealkylation sites (tertiary alicyclic amines) is 1. The first-order chi connectivity index (χ1) is 9.15. The van der Waals surface area contributed by atoms with Gasteiger partial charge in [0.05, 0.1) is 10.6 Å². The predicted octanol–water partition coefficient (Wildman–Crippen LogP) is 4.90. The van der Waals surface area contributed by atoms with E-state index in [1.165, 1.54) is 12.8 Å². The Hall–Kier alpha value is -0.540. The van der Waals surface area contributed by atoms with Crippen LogP contribution in [0.25, 0.3) is 0 Å². The quantitative estimate of drug-likeness (QED) is 0.747. The normalized spacial score (nSPS) is 20.2. The van der Waals surface area contributed by atoms with E-state index in [2.05, 4.69) is 22.9 Å². The lowest BCUT2D eigenvalue weighted by atomic mass is 10.1. The minimum Gasteiger partial charge on any atom is -0.336 e. The van der Waals surface area contributed by atoms with Crippen molar-refractivity contribution < 1.29 is 4.79 Å². The molecule has 1 aromatic rings. The van der Waals surface area contributed by atoms with Crippen molar-refractivity contribution in [3.8, 4) is 0 Å². The van der Waals surface area contributed by atoms with Gasteiger partial charge in [0.2, 0.25) is 0 Å². The molecule has 0 bridgehead atoms. The summed E-state index contributed by atoms with van der Waals surface area (Å²) in [5.74, 6) is 0.0695. The molecule has 1 aromatic carbocycles. The van der Waals surface area contributed by atoms with Gasteiger partial charge in [-0.15, -0.1) is 0 Å². The number of halogens is 2. The standard InChI is InChI=1S/C15H19BrClNO/c1-2-11-7-4-3-5-10-18(11)15(19)12-8-6-9-13(16)14(12)17/h6,8-9,11H,2-5,7,10H2,1H3. The third-order valence-corrected chi connectivity index (χ3v) is 5.09. The Kier molecular flexibility index (Phi) is 5.28. The summed E-state index contributed by atoms with van der Waals surface area (Å²) in [5.41, 5.74) is 0.608. The molecule has 0 N–H and O–H groups in total. The molecule has 0 aromatic heterocycles. The van der Waals surface area contributed by atoms with Crippen LogP contribution < -0.4 is 0 Å². The third kappa shape index (κ3) is 3.32. The summed E-state index contributed by atoms with van der Waals surface area (Å²) in [4.78, 5) is 14.7. The minimum atomic E-state index is 0.0695. The molecule has 0 spiro atoms. The maximum atomic E-state index is 12.7. The van der Waals surface area contributed by atoms with Gasteiger partial charge in [-0.05, 0) is 47.3 Å². The molecular formula is C15H19BrClNO. The molecule has 1 aliphatic rings. The van der Waals surface area contributed by atoms with E-state index in [1.54, 1.807) is 0 Å². The highest BCUT2D eigenvalue weighted by atomic mass is 79.9. The highest BCUT2D eigenvalue weighted by Gasteiger charge is 2.26. The highest BCUT2D eigenvalue weighted by Crippen LogP contribution is 2.29. The second-order valence-corrected chi connectivity index (χ2v) is 6.24. The molecule has 104 valence electrons. The number of hydrogen-bond acceptors (Lipinski definition) is 1. The lowest BCUT2D eigenvalue weighted by Gasteiger charge is -2.29. The Morgan fingerprint density at radius 2 is 2.21 bits per heavy atom. The molecule has 4 heteroatoms. The van der Waals surface area contributed by atoms with E-state index in [0.29, 0.717) is 16.6 Å². The summed E-state index contributed by atoms with van der Waals surface area (Å²) in [6.45, 7) is 3.00. The van der Waals surface area contributed by atoms with Crippen molar-refractivity contribution in [2.75, 3.05) is 6.54 Å². The lowest BCUT2D eigenvalue weighted by molar-refractivity contribution is 0.0678. The van der Waals surface area contributed by atoms with Crippen LogP contribution in [-0.2, 0) is 0 Å². The number of carbonyl (C=O) groups is 1.